The third kappa shape index (κ3) is 5.04. The highest BCUT2D eigenvalue weighted by Gasteiger charge is 2.25. The molecule has 0 aliphatic heterocycles. The molecule has 0 unspecified atom stereocenters. The molecule has 7 aromatic carbocycles. The molecule has 2 saturated carbocycles. The van der Waals surface area contributed by atoms with Gasteiger partial charge in [0, 0.05) is 43.4 Å². The van der Waals surface area contributed by atoms with Crippen molar-refractivity contribution < 1.29 is 8.83 Å². The Morgan fingerprint density at radius 2 is 1.05 bits per heavy atom. The van der Waals surface area contributed by atoms with Crippen molar-refractivity contribution in [2.45, 2.75) is 76.0 Å². The summed E-state index contributed by atoms with van der Waals surface area (Å²) in [7, 11) is 0. The van der Waals surface area contributed by atoms with E-state index in [-0.39, 0.29) is 0 Å². The summed E-state index contributed by atoms with van der Waals surface area (Å²) in [6.45, 7) is 0. The number of fused-ring (bicyclic) bond motifs is 12. The topological polar surface area (TPSA) is 52.1 Å². The SMILES string of the molecule is c1cc(-c2cnc3c4ccccc4c4ccccc4c3n2)cc(-c2c3oc4ccc(C5CCCCC5)cc4c3cc3oc4ccc(C5CCCCC5)cc4c23)c1. The van der Waals surface area contributed by atoms with Crippen molar-refractivity contribution in [3.63, 3.8) is 0 Å². The second kappa shape index (κ2) is 12.8. The van der Waals surface area contributed by atoms with E-state index in [0.29, 0.717) is 11.8 Å². The molecule has 0 amide bonds. The van der Waals surface area contributed by atoms with Crippen LogP contribution in [0.1, 0.15) is 87.2 Å². The predicted molar refractivity (Wildman–Crippen MR) is 232 cm³/mol. The van der Waals surface area contributed by atoms with Gasteiger partial charge in [0.05, 0.1) is 22.9 Å². The first-order valence-corrected chi connectivity index (χ1v) is 20.8. The van der Waals surface area contributed by atoms with Gasteiger partial charge in [-0.25, -0.2) is 4.98 Å². The molecule has 0 spiro atoms. The van der Waals surface area contributed by atoms with Gasteiger partial charge in [0.2, 0.25) is 0 Å². The van der Waals surface area contributed by atoms with Gasteiger partial charge in [0.1, 0.15) is 22.3 Å². The Balaban J connectivity index is 1.09. The average Bonchev–Trinajstić information content (AvgIpc) is 3.83. The molecule has 2 fully saturated rings. The highest BCUT2D eigenvalue weighted by atomic mass is 16.3. The summed E-state index contributed by atoms with van der Waals surface area (Å²) in [5.41, 5.74) is 12.4. The quantitative estimate of drug-likeness (QED) is 0.169. The van der Waals surface area contributed by atoms with E-state index in [1.807, 2.05) is 6.20 Å². The Hall–Kier alpha value is -6.00. The number of furan rings is 2. The van der Waals surface area contributed by atoms with E-state index < -0.39 is 0 Å². The first-order valence-electron chi connectivity index (χ1n) is 20.8. The van der Waals surface area contributed by atoms with Gasteiger partial charge in [-0.05, 0) is 101 Å². The van der Waals surface area contributed by atoms with Gasteiger partial charge in [-0.15, -0.1) is 0 Å². The molecule has 10 aromatic rings. The molecule has 4 heteroatoms. The van der Waals surface area contributed by atoms with Crippen LogP contribution < -0.4 is 0 Å². The molecule has 2 aliphatic carbocycles. The first kappa shape index (κ1) is 32.3. The van der Waals surface area contributed by atoms with E-state index in [0.717, 1.165) is 82.7 Å². The maximum absolute atomic E-state index is 6.98. The smallest absolute Gasteiger partial charge is 0.144 e. The fourth-order valence-corrected chi connectivity index (χ4v) is 10.5. The number of nitrogens with zero attached hydrogens (tertiary/aromatic N) is 2. The Kier molecular flexibility index (Phi) is 7.36. The summed E-state index contributed by atoms with van der Waals surface area (Å²) in [4.78, 5) is 10.5. The molecule has 0 atom stereocenters. The van der Waals surface area contributed by atoms with Crippen LogP contribution in [-0.4, -0.2) is 9.97 Å². The Bertz CT molecular complexity index is 3130. The number of aromatic nitrogens is 2. The van der Waals surface area contributed by atoms with Crippen LogP contribution in [0.3, 0.4) is 0 Å². The van der Waals surface area contributed by atoms with Crippen LogP contribution in [0.2, 0.25) is 0 Å². The van der Waals surface area contributed by atoms with E-state index in [4.69, 9.17) is 18.8 Å². The molecule has 0 saturated heterocycles. The minimum atomic E-state index is 0.595. The lowest BCUT2D eigenvalue weighted by atomic mass is 9.83. The van der Waals surface area contributed by atoms with Gasteiger partial charge in [0.25, 0.3) is 0 Å². The summed E-state index contributed by atoms with van der Waals surface area (Å²) in [5.74, 6) is 1.21. The number of hydrogen-bond acceptors (Lipinski definition) is 4. The average molecular weight is 727 g/mol. The maximum atomic E-state index is 6.98. The van der Waals surface area contributed by atoms with Gasteiger partial charge in [0.15, 0.2) is 0 Å². The van der Waals surface area contributed by atoms with E-state index in [1.165, 1.54) is 91.5 Å². The van der Waals surface area contributed by atoms with Crippen molar-refractivity contribution in [1.29, 1.82) is 0 Å². The lowest BCUT2D eigenvalue weighted by molar-refractivity contribution is 0.444. The number of benzene rings is 7. The molecule has 2 aliphatic rings. The van der Waals surface area contributed by atoms with Crippen LogP contribution in [0, 0.1) is 0 Å². The van der Waals surface area contributed by atoms with Crippen molar-refractivity contribution in [2.24, 2.45) is 0 Å². The van der Waals surface area contributed by atoms with Crippen molar-refractivity contribution in [2.75, 3.05) is 0 Å². The van der Waals surface area contributed by atoms with Gasteiger partial charge in [-0.2, -0.15) is 0 Å². The van der Waals surface area contributed by atoms with E-state index in [2.05, 4.69) is 115 Å². The summed E-state index contributed by atoms with van der Waals surface area (Å²) in [5, 5.41) is 9.21. The Morgan fingerprint density at radius 3 is 1.75 bits per heavy atom. The Morgan fingerprint density at radius 1 is 0.446 bits per heavy atom. The summed E-state index contributed by atoms with van der Waals surface area (Å²) in [6, 6.07) is 42.0. The third-order valence-corrected chi connectivity index (χ3v) is 13.3. The summed E-state index contributed by atoms with van der Waals surface area (Å²) >= 11 is 0. The number of hydrogen-bond donors (Lipinski definition) is 0. The molecule has 3 aromatic heterocycles. The van der Waals surface area contributed by atoms with Crippen molar-refractivity contribution >= 4 is 76.5 Å². The van der Waals surface area contributed by atoms with Gasteiger partial charge in [-0.1, -0.05) is 117 Å². The largest absolute Gasteiger partial charge is 0.456 e. The van der Waals surface area contributed by atoms with Crippen LogP contribution in [-0.2, 0) is 0 Å². The molecular formula is C52H42N2O2. The van der Waals surface area contributed by atoms with Crippen molar-refractivity contribution in [1.82, 2.24) is 9.97 Å². The second-order valence-electron chi connectivity index (χ2n) is 16.5. The molecule has 272 valence electrons. The highest BCUT2D eigenvalue weighted by molar-refractivity contribution is 6.25. The highest BCUT2D eigenvalue weighted by Crippen LogP contribution is 2.47. The van der Waals surface area contributed by atoms with Crippen LogP contribution in [0.25, 0.3) is 98.8 Å². The molecule has 4 nitrogen and oxygen atoms in total. The predicted octanol–water partition coefficient (Wildman–Crippen LogP) is 15.2. The van der Waals surface area contributed by atoms with Crippen LogP contribution in [0.4, 0.5) is 0 Å². The second-order valence-corrected chi connectivity index (χ2v) is 16.5. The van der Waals surface area contributed by atoms with E-state index >= 15 is 0 Å². The minimum Gasteiger partial charge on any atom is -0.456 e. The van der Waals surface area contributed by atoms with Gasteiger partial charge >= 0.3 is 0 Å². The van der Waals surface area contributed by atoms with Gasteiger partial charge in [-0.3, -0.25) is 4.98 Å². The monoisotopic (exact) mass is 726 g/mol. The van der Waals surface area contributed by atoms with Crippen molar-refractivity contribution in [3.8, 4) is 22.4 Å². The fraction of sp³-hybridized carbons (Fsp3) is 0.231. The maximum Gasteiger partial charge on any atom is 0.144 e. The normalized spacial score (nSPS) is 16.1. The lowest BCUT2D eigenvalue weighted by Gasteiger charge is -2.21. The van der Waals surface area contributed by atoms with Crippen LogP contribution in [0.5, 0.6) is 0 Å². The van der Waals surface area contributed by atoms with Gasteiger partial charge < -0.3 is 8.83 Å². The third-order valence-electron chi connectivity index (χ3n) is 13.3. The molecular weight excluding hydrogens is 685 g/mol. The first-order chi connectivity index (χ1) is 27.7. The Labute approximate surface area is 325 Å². The zero-order valence-electron chi connectivity index (χ0n) is 31.5. The minimum absolute atomic E-state index is 0.595. The van der Waals surface area contributed by atoms with E-state index in [9.17, 15) is 0 Å². The van der Waals surface area contributed by atoms with Crippen LogP contribution >= 0.6 is 0 Å². The zero-order chi connectivity index (χ0) is 36.7. The van der Waals surface area contributed by atoms with E-state index in [1.54, 1.807) is 0 Å². The zero-order valence-corrected chi connectivity index (χ0v) is 31.5. The standard InChI is InChI=1S/C52H42N2O2/c1-3-12-31(13-4-1)33-22-24-45-41(27-33)42-29-47-49(43-28-34(23-25-46(43)55-47)32-14-5-2-6-15-32)48(52(42)56-45)36-17-11-16-35(26-36)44-30-53-50-39-20-9-7-18-37(39)38-19-8-10-21-40(38)51(50)54-44/h7-11,16-32H,1-6,12-15H2. The molecule has 0 bridgehead atoms. The molecule has 0 radical (unpaired) electrons. The number of rotatable bonds is 4. The molecule has 12 rings (SSSR count). The molecule has 3 heterocycles. The van der Waals surface area contributed by atoms with Crippen molar-refractivity contribution in [3.05, 3.63) is 133 Å². The molecule has 0 N–H and O–H groups in total. The summed E-state index contributed by atoms with van der Waals surface area (Å²) < 4.78 is 13.8. The summed E-state index contributed by atoms with van der Waals surface area (Å²) in [6.07, 6.45) is 14.9. The lowest BCUT2D eigenvalue weighted by Crippen LogP contribution is -2.04. The molecule has 56 heavy (non-hydrogen) atoms. The fourth-order valence-electron chi connectivity index (χ4n) is 10.5. The van der Waals surface area contributed by atoms with Crippen LogP contribution in [0.15, 0.2) is 130 Å².